The Kier molecular flexibility index (Phi) is 4.18. The van der Waals surface area contributed by atoms with Crippen molar-refractivity contribution in [3.8, 4) is 0 Å². The molecular weight excluding hydrogens is 352 g/mol. The first-order valence-electron chi connectivity index (χ1n) is 11.1. The molecule has 1 heterocycles. The van der Waals surface area contributed by atoms with Crippen LogP contribution in [0.5, 0.6) is 0 Å². The van der Waals surface area contributed by atoms with Crippen molar-refractivity contribution in [3.05, 3.63) is 34.4 Å². The van der Waals surface area contributed by atoms with Crippen molar-refractivity contribution in [2.45, 2.75) is 77.2 Å². The summed E-state index contributed by atoms with van der Waals surface area (Å²) in [6.07, 6.45) is 9.52. The lowest BCUT2D eigenvalue weighted by Gasteiger charge is -2.60. The molecule has 1 aromatic rings. The summed E-state index contributed by atoms with van der Waals surface area (Å²) in [6.45, 7) is 4.76. The Morgan fingerprint density at radius 1 is 1.04 bits per heavy atom. The van der Waals surface area contributed by atoms with Gasteiger partial charge in [-0.25, -0.2) is 4.79 Å². The van der Waals surface area contributed by atoms with Gasteiger partial charge in [-0.05, 0) is 91.1 Å². The number of fused-ring (bicyclic) bond motifs is 5. The van der Waals surface area contributed by atoms with E-state index >= 15 is 0 Å². The molecule has 4 heteroatoms. The highest BCUT2D eigenvalue weighted by molar-refractivity contribution is 5.86. The van der Waals surface area contributed by atoms with Crippen LogP contribution in [0.25, 0.3) is 0 Å². The minimum absolute atomic E-state index is 0.0322. The van der Waals surface area contributed by atoms with E-state index in [-0.39, 0.29) is 34.4 Å². The summed E-state index contributed by atoms with van der Waals surface area (Å²) in [4.78, 5) is 24.7. The molecule has 4 nitrogen and oxygen atoms in total. The molecule has 0 aromatic carbocycles. The summed E-state index contributed by atoms with van der Waals surface area (Å²) in [5.74, 6) is 2.40. The van der Waals surface area contributed by atoms with E-state index in [0.717, 1.165) is 44.1 Å². The number of Topliss-reactive ketones (excluding diaryl/α,β-unsaturated/α-hetero) is 1. The molecule has 0 spiro atoms. The number of hydrogen-bond acceptors (Lipinski definition) is 4. The van der Waals surface area contributed by atoms with Crippen LogP contribution in [0.15, 0.2) is 27.6 Å². The molecular formula is C24H32O4. The van der Waals surface area contributed by atoms with Gasteiger partial charge in [-0.1, -0.05) is 13.8 Å². The second kappa shape index (κ2) is 6.29. The van der Waals surface area contributed by atoms with Gasteiger partial charge >= 0.3 is 5.63 Å². The molecule has 1 N–H and O–H groups in total. The molecule has 0 unspecified atom stereocenters. The lowest BCUT2D eigenvalue weighted by Crippen LogP contribution is -2.54. The summed E-state index contributed by atoms with van der Waals surface area (Å²) < 4.78 is 5.14. The van der Waals surface area contributed by atoms with Crippen molar-refractivity contribution >= 4 is 5.78 Å². The van der Waals surface area contributed by atoms with Crippen molar-refractivity contribution in [2.24, 2.45) is 34.5 Å². The van der Waals surface area contributed by atoms with E-state index in [9.17, 15) is 14.7 Å². The highest BCUT2D eigenvalue weighted by Gasteiger charge is 2.63. The first-order valence-corrected chi connectivity index (χ1v) is 11.1. The topological polar surface area (TPSA) is 67.5 Å². The maximum Gasteiger partial charge on any atom is 0.335 e. The highest BCUT2D eigenvalue weighted by atomic mass is 16.4. The van der Waals surface area contributed by atoms with Gasteiger partial charge < -0.3 is 9.52 Å². The van der Waals surface area contributed by atoms with Crippen LogP contribution >= 0.6 is 0 Å². The monoisotopic (exact) mass is 384 g/mol. The zero-order chi connectivity index (χ0) is 19.7. The SMILES string of the molecule is C[C@]12CC[C@H](O)C[C@H]1CC[C@@H]1[C@@H]2CC[C@]2(C)[C@@H](c3ccc(=O)oc3)CC(=O)[C@@H]12. The third-order valence-electron chi connectivity index (χ3n) is 9.52. The largest absolute Gasteiger partial charge is 0.431 e. The number of carbonyl (C=O) groups excluding carboxylic acids is 1. The van der Waals surface area contributed by atoms with E-state index in [0.29, 0.717) is 30.0 Å². The molecule has 4 saturated carbocycles. The van der Waals surface area contributed by atoms with Gasteiger partial charge in [0, 0.05) is 18.4 Å². The fourth-order valence-electron chi connectivity index (χ4n) is 8.10. The fourth-order valence-corrected chi connectivity index (χ4v) is 8.10. The minimum atomic E-state index is -0.329. The first kappa shape index (κ1) is 18.6. The molecule has 28 heavy (non-hydrogen) atoms. The maximum atomic E-state index is 13.3. The van der Waals surface area contributed by atoms with E-state index in [1.807, 2.05) is 6.07 Å². The van der Waals surface area contributed by atoms with Gasteiger partial charge in [0.25, 0.3) is 0 Å². The maximum absolute atomic E-state index is 13.3. The summed E-state index contributed by atoms with van der Waals surface area (Å²) in [5.41, 5.74) is 0.929. The summed E-state index contributed by atoms with van der Waals surface area (Å²) >= 11 is 0. The van der Waals surface area contributed by atoms with Crippen molar-refractivity contribution < 1.29 is 14.3 Å². The van der Waals surface area contributed by atoms with Gasteiger partial charge in [-0.3, -0.25) is 4.79 Å². The predicted octanol–water partition coefficient (Wildman–Crippen LogP) is 4.31. The average Bonchev–Trinajstić information content (AvgIpc) is 2.94. The standard InChI is InChI=1S/C24H32O4/c1-23-9-7-16(25)11-15(23)4-5-17-18(23)8-10-24(2)19(12-20(26)22(17)24)14-3-6-21(27)28-13-14/h3,6,13,15-19,22,25H,4-5,7-12H2,1-2H3/t15-,16+,17-,18+,19-,22-,23+,24-/m1/s1. The number of hydrogen-bond donors (Lipinski definition) is 1. The molecule has 152 valence electrons. The van der Waals surface area contributed by atoms with Crippen LogP contribution in [-0.4, -0.2) is 17.0 Å². The van der Waals surface area contributed by atoms with E-state index < -0.39 is 0 Å². The summed E-state index contributed by atoms with van der Waals surface area (Å²) in [6, 6.07) is 3.35. The van der Waals surface area contributed by atoms with Crippen molar-refractivity contribution in [2.75, 3.05) is 0 Å². The molecule has 5 rings (SSSR count). The average molecular weight is 385 g/mol. The van der Waals surface area contributed by atoms with E-state index in [1.165, 1.54) is 12.5 Å². The second-order valence-electron chi connectivity index (χ2n) is 10.6. The smallest absolute Gasteiger partial charge is 0.335 e. The minimum Gasteiger partial charge on any atom is -0.431 e. The molecule has 4 aliphatic carbocycles. The molecule has 4 fully saturated rings. The molecule has 0 bridgehead atoms. The number of rotatable bonds is 1. The van der Waals surface area contributed by atoms with Crippen LogP contribution < -0.4 is 5.63 Å². The Morgan fingerprint density at radius 2 is 1.82 bits per heavy atom. The second-order valence-corrected chi connectivity index (χ2v) is 10.6. The molecule has 0 amide bonds. The third-order valence-corrected chi connectivity index (χ3v) is 9.52. The highest BCUT2D eigenvalue weighted by Crippen LogP contribution is 2.68. The summed E-state index contributed by atoms with van der Waals surface area (Å²) in [5, 5.41) is 10.2. The molecule has 1 aromatic heterocycles. The zero-order valence-corrected chi connectivity index (χ0v) is 17.0. The van der Waals surface area contributed by atoms with Gasteiger partial charge in [0.1, 0.15) is 5.78 Å². The van der Waals surface area contributed by atoms with Crippen LogP contribution in [0, 0.1) is 34.5 Å². The van der Waals surface area contributed by atoms with E-state index in [4.69, 9.17) is 4.42 Å². The van der Waals surface area contributed by atoms with Crippen molar-refractivity contribution in [1.82, 2.24) is 0 Å². The Bertz CT molecular complexity index is 823. The molecule has 8 atom stereocenters. The van der Waals surface area contributed by atoms with Crippen LogP contribution in [-0.2, 0) is 4.79 Å². The normalized spacial score (nSPS) is 47.9. The Hall–Kier alpha value is -1.42. The number of ketones is 1. The van der Waals surface area contributed by atoms with E-state index in [2.05, 4.69) is 13.8 Å². The molecule has 0 saturated heterocycles. The summed E-state index contributed by atoms with van der Waals surface area (Å²) in [7, 11) is 0. The Balaban J connectivity index is 1.48. The fraction of sp³-hybridized carbons (Fsp3) is 0.750. The third kappa shape index (κ3) is 2.52. The van der Waals surface area contributed by atoms with Crippen molar-refractivity contribution in [1.29, 1.82) is 0 Å². The Morgan fingerprint density at radius 3 is 2.57 bits per heavy atom. The Labute approximate surface area is 166 Å². The zero-order valence-electron chi connectivity index (χ0n) is 17.0. The van der Waals surface area contributed by atoms with Crippen LogP contribution in [0.2, 0.25) is 0 Å². The van der Waals surface area contributed by atoms with Crippen LogP contribution in [0.1, 0.15) is 76.7 Å². The van der Waals surface area contributed by atoms with Gasteiger partial charge in [0.05, 0.1) is 12.4 Å². The van der Waals surface area contributed by atoms with Gasteiger partial charge in [-0.2, -0.15) is 0 Å². The number of aliphatic hydroxyl groups is 1. The number of aliphatic hydroxyl groups excluding tert-OH is 1. The lowest BCUT2D eigenvalue weighted by molar-refractivity contribution is -0.144. The van der Waals surface area contributed by atoms with Crippen molar-refractivity contribution in [3.63, 3.8) is 0 Å². The molecule has 0 aliphatic heterocycles. The molecule has 4 aliphatic rings. The number of carbonyl (C=O) groups is 1. The van der Waals surface area contributed by atoms with Crippen LogP contribution in [0.3, 0.4) is 0 Å². The quantitative estimate of drug-likeness (QED) is 0.784. The van der Waals surface area contributed by atoms with E-state index in [1.54, 1.807) is 6.26 Å². The van der Waals surface area contributed by atoms with Gasteiger partial charge in [-0.15, -0.1) is 0 Å². The lowest BCUT2D eigenvalue weighted by atomic mass is 9.44. The first-order chi connectivity index (χ1) is 13.3. The van der Waals surface area contributed by atoms with Gasteiger partial charge in [0.2, 0.25) is 0 Å². The predicted molar refractivity (Wildman–Crippen MR) is 106 cm³/mol. The van der Waals surface area contributed by atoms with Crippen LogP contribution in [0.4, 0.5) is 0 Å². The molecule has 0 radical (unpaired) electrons. The van der Waals surface area contributed by atoms with Gasteiger partial charge in [0.15, 0.2) is 0 Å².